The highest BCUT2D eigenvalue weighted by atomic mass is 16.5. The monoisotopic (exact) mass is 227 g/mol. The Kier molecular flexibility index (Phi) is 3.76. The van der Waals surface area contributed by atoms with Crippen molar-refractivity contribution in [1.29, 1.82) is 0 Å². The van der Waals surface area contributed by atoms with E-state index in [1.807, 2.05) is 0 Å². The van der Waals surface area contributed by atoms with Crippen molar-refractivity contribution in [3.05, 3.63) is 0 Å². The second kappa shape index (κ2) is 4.30. The highest BCUT2D eigenvalue weighted by Gasteiger charge is 2.36. The fourth-order valence-electron chi connectivity index (χ4n) is 2.86. The van der Waals surface area contributed by atoms with E-state index in [9.17, 15) is 0 Å². The molecule has 1 aliphatic heterocycles. The summed E-state index contributed by atoms with van der Waals surface area (Å²) in [6.45, 7) is 16.7. The number of rotatable bonds is 0. The van der Waals surface area contributed by atoms with Crippen LogP contribution in [-0.4, -0.2) is 37.2 Å². The fraction of sp³-hybridized carbons (Fsp3) is 1.00. The molecule has 1 saturated heterocycles. The molecule has 0 spiro atoms. The van der Waals surface area contributed by atoms with Gasteiger partial charge in [-0.3, -0.25) is 0 Å². The van der Waals surface area contributed by atoms with Crippen molar-refractivity contribution in [3.63, 3.8) is 0 Å². The van der Waals surface area contributed by atoms with Crippen molar-refractivity contribution in [3.8, 4) is 0 Å². The molecule has 0 amide bonds. The third-order valence-electron chi connectivity index (χ3n) is 3.60. The minimum absolute atomic E-state index is 0.242. The molecular formula is C14H29NO. The van der Waals surface area contributed by atoms with Gasteiger partial charge < -0.3 is 9.64 Å². The van der Waals surface area contributed by atoms with E-state index in [-0.39, 0.29) is 16.4 Å². The SMILES string of the molecule is CN1CC(C)(C)COCC(C)(C)CC1(C)C. The third kappa shape index (κ3) is 3.74. The average molecular weight is 227 g/mol. The molecule has 0 atom stereocenters. The van der Waals surface area contributed by atoms with E-state index in [0.29, 0.717) is 0 Å². The fourth-order valence-corrected chi connectivity index (χ4v) is 2.86. The molecule has 0 saturated carbocycles. The highest BCUT2D eigenvalue weighted by Crippen LogP contribution is 2.35. The van der Waals surface area contributed by atoms with Crippen molar-refractivity contribution in [2.45, 2.75) is 53.5 Å². The van der Waals surface area contributed by atoms with Crippen LogP contribution in [0.1, 0.15) is 48.0 Å². The Morgan fingerprint density at radius 3 is 1.94 bits per heavy atom. The quantitative estimate of drug-likeness (QED) is 0.630. The maximum Gasteiger partial charge on any atom is 0.0529 e. The number of ether oxygens (including phenoxy) is 1. The van der Waals surface area contributed by atoms with Gasteiger partial charge >= 0.3 is 0 Å². The number of hydrogen-bond donors (Lipinski definition) is 0. The molecule has 0 aliphatic carbocycles. The summed E-state index contributed by atoms with van der Waals surface area (Å²) in [6.07, 6.45) is 1.17. The predicted octanol–water partition coefficient (Wildman–Crippen LogP) is 3.17. The van der Waals surface area contributed by atoms with Crippen molar-refractivity contribution in [2.75, 3.05) is 26.8 Å². The Hall–Kier alpha value is -0.0800. The average Bonchev–Trinajstić information content (AvgIpc) is 1.99. The van der Waals surface area contributed by atoms with Gasteiger partial charge in [0.25, 0.3) is 0 Å². The molecule has 2 heteroatoms. The van der Waals surface area contributed by atoms with Gasteiger partial charge in [0.2, 0.25) is 0 Å². The first-order chi connectivity index (χ1) is 7.04. The molecule has 0 N–H and O–H groups in total. The zero-order valence-electron chi connectivity index (χ0n) is 12.2. The molecule has 0 radical (unpaired) electrons. The van der Waals surface area contributed by atoms with Crippen LogP contribution in [0.4, 0.5) is 0 Å². The summed E-state index contributed by atoms with van der Waals surface area (Å²) in [5.41, 5.74) is 0.749. The molecule has 0 aromatic rings. The third-order valence-corrected chi connectivity index (χ3v) is 3.60. The largest absolute Gasteiger partial charge is 0.380 e. The summed E-state index contributed by atoms with van der Waals surface area (Å²) in [6, 6.07) is 0. The van der Waals surface area contributed by atoms with E-state index in [2.05, 4.69) is 53.5 Å². The summed E-state index contributed by atoms with van der Waals surface area (Å²) < 4.78 is 5.90. The van der Waals surface area contributed by atoms with Crippen molar-refractivity contribution in [1.82, 2.24) is 4.90 Å². The molecule has 1 aliphatic rings. The lowest BCUT2D eigenvalue weighted by atomic mass is 9.79. The van der Waals surface area contributed by atoms with Gasteiger partial charge in [0.1, 0.15) is 0 Å². The summed E-state index contributed by atoms with van der Waals surface area (Å²) in [5, 5.41) is 0. The van der Waals surface area contributed by atoms with Gasteiger partial charge in [-0.15, -0.1) is 0 Å². The highest BCUT2D eigenvalue weighted by molar-refractivity contribution is 4.90. The van der Waals surface area contributed by atoms with Crippen LogP contribution in [0.5, 0.6) is 0 Å². The van der Waals surface area contributed by atoms with Crippen LogP contribution >= 0.6 is 0 Å². The maximum atomic E-state index is 5.90. The normalized spacial score (nSPS) is 30.2. The van der Waals surface area contributed by atoms with Gasteiger partial charge in [-0.25, -0.2) is 0 Å². The second-order valence-electron chi connectivity index (χ2n) is 7.67. The van der Waals surface area contributed by atoms with E-state index in [4.69, 9.17) is 4.74 Å². The van der Waals surface area contributed by atoms with Gasteiger partial charge in [-0.05, 0) is 32.7 Å². The van der Waals surface area contributed by atoms with Crippen LogP contribution in [0.2, 0.25) is 0 Å². The topological polar surface area (TPSA) is 12.5 Å². The van der Waals surface area contributed by atoms with Crippen molar-refractivity contribution >= 4 is 0 Å². The first-order valence-electron chi connectivity index (χ1n) is 6.33. The van der Waals surface area contributed by atoms with E-state index in [0.717, 1.165) is 19.8 Å². The lowest BCUT2D eigenvalue weighted by Gasteiger charge is -2.42. The van der Waals surface area contributed by atoms with Gasteiger partial charge in [-0.1, -0.05) is 27.7 Å². The summed E-state index contributed by atoms with van der Waals surface area (Å²) in [5.74, 6) is 0. The van der Waals surface area contributed by atoms with Gasteiger partial charge in [-0.2, -0.15) is 0 Å². The van der Waals surface area contributed by atoms with Gasteiger partial charge in [0.15, 0.2) is 0 Å². The van der Waals surface area contributed by atoms with Gasteiger partial charge in [0.05, 0.1) is 13.2 Å². The van der Waals surface area contributed by atoms with E-state index in [1.54, 1.807) is 0 Å². The van der Waals surface area contributed by atoms with Crippen LogP contribution in [0, 0.1) is 10.8 Å². The second-order valence-corrected chi connectivity index (χ2v) is 7.67. The van der Waals surface area contributed by atoms with Crippen LogP contribution in [0.25, 0.3) is 0 Å². The molecule has 1 fully saturated rings. The first kappa shape index (κ1) is 14.0. The standard InChI is InChI=1S/C14H29NO/c1-12(2)8-14(5,6)15(7)9-13(3,4)11-16-10-12/h8-11H2,1-7H3. The van der Waals surface area contributed by atoms with E-state index in [1.165, 1.54) is 6.42 Å². The summed E-state index contributed by atoms with van der Waals surface area (Å²) in [4.78, 5) is 2.49. The molecule has 0 aromatic heterocycles. The summed E-state index contributed by atoms with van der Waals surface area (Å²) >= 11 is 0. The molecule has 16 heavy (non-hydrogen) atoms. The van der Waals surface area contributed by atoms with Crippen molar-refractivity contribution in [2.24, 2.45) is 10.8 Å². The van der Waals surface area contributed by atoms with Gasteiger partial charge in [0, 0.05) is 17.5 Å². The zero-order chi connectivity index (χ0) is 12.6. The molecule has 1 rings (SSSR count). The number of hydrogen-bond acceptors (Lipinski definition) is 2. The molecule has 2 nitrogen and oxygen atoms in total. The molecule has 96 valence electrons. The Bertz CT molecular complexity index is 243. The molecule has 0 aromatic carbocycles. The molecule has 0 unspecified atom stereocenters. The Labute approximate surface area is 101 Å². The van der Waals surface area contributed by atoms with Crippen LogP contribution in [0.15, 0.2) is 0 Å². The smallest absolute Gasteiger partial charge is 0.0529 e. The van der Waals surface area contributed by atoms with Crippen molar-refractivity contribution < 1.29 is 4.74 Å². The Balaban J connectivity index is 2.89. The first-order valence-corrected chi connectivity index (χ1v) is 6.33. The maximum absolute atomic E-state index is 5.90. The minimum atomic E-state index is 0.242. The lowest BCUT2D eigenvalue weighted by molar-refractivity contribution is 0.0187. The Morgan fingerprint density at radius 1 is 0.875 bits per heavy atom. The lowest BCUT2D eigenvalue weighted by Crippen LogP contribution is -2.47. The van der Waals surface area contributed by atoms with Crippen LogP contribution < -0.4 is 0 Å². The summed E-state index contributed by atoms with van der Waals surface area (Å²) in [7, 11) is 2.24. The molecular weight excluding hydrogens is 198 g/mol. The molecule has 1 heterocycles. The van der Waals surface area contributed by atoms with E-state index >= 15 is 0 Å². The van der Waals surface area contributed by atoms with Crippen LogP contribution in [-0.2, 0) is 4.74 Å². The predicted molar refractivity (Wildman–Crippen MR) is 69.7 cm³/mol. The Morgan fingerprint density at radius 2 is 1.38 bits per heavy atom. The van der Waals surface area contributed by atoms with Crippen LogP contribution in [0.3, 0.4) is 0 Å². The number of nitrogens with zero attached hydrogens (tertiary/aromatic N) is 1. The minimum Gasteiger partial charge on any atom is -0.380 e. The molecule has 0 bridgehead atoms. The van der Waals surface area contributed by atoms with E-state index < -0.39 is 0 Å². The zero-order valence-corrected chi connectivity index (χ0v) is 12.2.